The maximum absolute atomic E-state index is 5.35. The Morgan fingerprint density at radius 3 is 2.73 bits per heavy atom. The van der Waals surface area contributed by atoms with Crippen molar-refractivity contribution in [3.63, 3.8) is 0 Å². The fourth-order valence-corrected chi connectivity index (χ4v) is 0.807. The first-order valence-electron chi connectivity index (χ1n) is 4.26. The number of hydrogen-bond donors (Lipinski definition) is 0. The van der Waals surface area contributed by atoms with E-state index in [2.05, 4.69) is 13.5 Å². The van der Waals surface area contributed by atoms with E-state index < -0.39 is 0 Å². The monoisotopic (exact) mass is 157 g/mol. The quantitative estimate of drug-likeness (QED) is 0.319. The van der Waals surface area contributed by atoms with Crippen molar-refractivity contribution in [3.8, 4) is 0 Å². The second-order valence-corrected chi connectivity index (χ2v) is 2.64. The second kappa shape index (κ2) is 7.76. The van der Waals surface area contributed by atoms with Gasteiger partial charge in [0.15, 0.2) is 0 Å². The zero-order valence-electron chi connectivity index (χ0n) is 7.68. The number of nitrogens with zero attached hydrogens (tertiary/aromatic N) is 1. The van der Waals surface area contributed by atoms with Crippen LogP contribution >= 0.6 is 0 Å². The van der Waals surface area contributed by atoms with Crippen molar-refractivity contribution in [2.24, 2.45) is 0 Å². The fourth-order valence-electron chi connectivity index (χ4n) is 0.807. The van der Waals surface area contributed by atoms with Crippen molar-refractivity contribution in [2.45, 2.75) is 26.2 Å². The van der Waals surface area contributed by atoms with E-state index in [0.717, 1.165) is 19.6 Å². The molecule has 66 valence electrons. The summed E-state index contributed by atoms with van der Waals surface area (Å²) in [7, 11) is 1.92. The SMILES string of the molecule is C=CCN(C)OCCCCC. The van der Waals surface area contributed by atoms with Gasteiger partial charge in [-0.3, -0.25) is 4.84 Å². The molecule has 0 N–H and O–H groups in total. The summed E-state index contributed by atoms with van der Waals surface area (Å²) in [6, 6.07) is 0. The lowest BCUT2D eigenvalue weighted by atomic mass is 10.3. The Kier molecular flexibility index (Phi) is 7.52. The van der Waals surface area contributed by atoms with Crippen LogP contribution in [0.5, 0.6) is 0 Å². The molecule has 0 rings (SSSR count). The normalized spacial score (nSPS) is 10.5. The third kappa shape index (κ3) is 7.56. The summed E-state index contributed by atoms with van der Waals surface area (Å²) in [5, 5.41) is 1.81. The van der Waals surface area contributed by atoms with Crippen LogP contribution in [0, 0.1) is 0 Å². The zero-order chi connectivity index (χ0) is 8.53. The highest BCUT2D eigenvalue weighted by atomic mass is 16.7. The molecule has 2 nitrogen and oxygen atoms in total. The maximum atomic E-state index is 5.35. The topological polar surface area (TPSA) is 12.5 Å². The van der Waals surface area contributed by atoms with E-state index in [-0.39, 0.29) is 0 Å². The largest absolute Gasteiger partial charge is 0.299 e. The number of rotatable bonds is 7. The van der Waals surface area contributed by atoms with Crippen molar-refractivity contribution in [3.05, 3.63) is 12.7 Å². The van der Waals surface area contributed by atoms with Crippen LogP contribution in [0.4, 0.5) is 0 Å². The van der Waals surface area contributed by atoms with Crippen LogP contribution in [0.2, 0.25) is 0 Å². The molecule has 11 heavy (non-hydrogen) atoms. The van der Waals surface area contributed by atoms with Gasteiger partial charge in [0.25, 0.3) is 0 Å². The van der Waals surface area contributed by atoms with Gasteiger partial charge in [-0.1, -0.05) is 25.8 Å². The van der Waals surface area contributed by atoms with E-state index in [1.165, 1.54) is 12.8 Å². The predicted molar refractivity (Wildman–Crippen MR) is 48.3 cm³/mol. The summed E-state index contributed by atoms with van der Waals surface area (Å²) in [6.07, 6.45) is 5.48. The van der Waals surface area contributed by atoms with Gasteiger partial charge < -0.3 is 0 Å². The molecule has 0 atom stereocenters. The predicted octanol–water partition coefficient (Wildman–Crippen LogP) is 2.23. The lowest BCUT2D eigenvalue weighted by Gasteiger charge is -2.13. The summed E-state index contributed by atoms with van der Waals surface area (Å²) >= 11 is 0. The van der Waals surface area contributed by atoms with Gasteiger partial charge in [-0.15, -0.1) is 6.58 Å². The molecule has 0 bridgehead atoms. The van der Waals surface area contributed by atoms with Crippen LogP contribution in [0.25, 0.3) is 0 Å². The van der Waals surface area contributed by atoms with Gasteiger partial charge in [0, 0.05) is 13.6 Å². The third-order valence-corrected chi connectivity index (χ3v) is 1.45. The van der Waals surface area contributed by atoms with Crippen LogP contribution < -0.4 is 0 Å². The number of unbranched alkanes of at least 4 members (excludes halogenated alkanes) is 2. The minimum Gasteiger partial charge on any atom is -0.299 e. The van der Waals surface area contributed by atoms with Crippen LogP contribution in [0.15, 0.2) is 12.7 Å². The molecular formula is C9H19NO. The molecule has 0 unspecified atom stereocenters. The van der Waals surface area contributed by atoms with Crippen molar-refractivity contribution in [1.82, 2.24) is 5.06 Å². The molecule has 0 amide bonds. The maximum Gasteiger partial charge on any atom is 0.0685 e. The molecule has 0 spiro atoms. The average molecular weight is 157 g/mol. The molecule has 0 aromatic heterocycles. The van der Waals surface area contributed by atoms with Crippen molar-refractivity contribution in [1.29, 1.82) is 0 Å². The molecular weight excluding hydrogens is 138 g/mol. The molecule has 0 saturated carbocycles. The Morgan fingerprint density at radius 1 is 1.45 bits per heavy atom. The highest BCUT2D eigenvalue weighted by Crippen LogP contribution is 1.95. The summed E-state index contributed by atoms with van der Waals surface area (Å²) in [5.74, 6) is 0. The molecule has 0 aliphatic rings. The van der Waals surface area contributed by atoms with E-state index in [1.807, 2.05) is 18.2 Å². The highest BCUT2D eigenvalue weighted by molar-refractivity contribution is 4.67. The Balaban J connectivity index is 3.03. The average Bonchev–Trinajstić information content (AvgIpc) is 1.99. The molecule has 0 aliphatic carbocycles. The second-order valence-electron chi connectivity index (χ2n) is 2.64. The zero-order valence-corrected chi connectivity index (χ0v) is 7.68. The van der Waals surface area contributed by atoms with Crippen LogP contribution in [-0.4, -0.2) is 25.3 Å². The molecule has 0 aromatic rings. The first-order chi connectivity index (χ1) is 5.31. The number of likely N-dealkylation sites (N-methyl/N-ethyl adjacent to an activating group) is 1. The lowest BCUT2D eigenvalue weighted by molar-refractivity contribution is -0.132. The van der Waals surface area contributed by atoms with E-state index in [0.29, 0.717) is 0 Å². The van der Waals surface area contributed by atoms with Crippen LogP contribution in [0.3, 0.4) is 0 Å². The molecule has 2 heteroatoms. The number of hydrogen-bond acceptors (Lipinski definition) is 2. The molecule has 0 saturated heterocycles. The first-order valence-corrected chi connectivity index (χ1v) is 4.26. The van der Waals surface area contributed by atoms with E-state index in [9.17, 15) is 0 Å². The third-order valence-electron chi connectivity index (χ3n) is 1.45. The van der Waals surface area contributed by atoms with Gasteiger partial charge in [0.2, 0.25) is 0 Å². The summed E-state index contributed by atoms with van der Waals surface area (Å²) < 4.78 is 0. The molecule has 0 radical (unpaired) electrons. The lowest BCUT2D eigenvalue weighted by Crippen LogP contribution is -2.19. The van der Waals surface area contributed by atoms with Crippen LogP contribution in [-0.2, 0) is 4.84 Å². The smallest absolute Gasteiger partial charge is 0.0685 e. The minimum absolute atomic E-state index is 0.798. The summed E-state index contributed by atoms with van der Waals surface area (Å²) in [6.45, 7) is 7.44. The molecule has 0 fully saturated rings. The van der Waals surface area contributed by atoms with Crippen molar-refractivity contribution >= 4 is 0 Å². The Bertz CT molecular complexity index is 93.6. The Labute approximate surface area is 69.8 Å². The molecule has 0 aliphatic heterocycles. The minimum atomic E-state index is 0.798. The van der Waals surface area contributed by atoms with Gasteiger partial charge in [0.1, 0.15) is 0 Å². The van der Waals surface area contributed by atoms with Gasteiger partial charge >= 0.3 is 0 Å². The Morgan fingerprint density at radius 2 is 2.18 bits per heavy atom. The summed E-state index contributed by atoms with van der Waals surface area (Å²) in [4.78, 5) is 5.35. The summed E-state index contributed by atoms with van der Waals surface area (Å²) in [5.41, 5.74) is 0. The van der Waals surface area contributed by atoms with Gasteiger partial charge in [0.05, 0.1) is 6.61 Å². The fraction of sp³-hybridized carbons (Fsp3) is 0.778. The molecule has 0 aromatic carbocycles. The van der Waals surface area contributed by atoms with Crippen molar-refractivity contribution < 1.29 is 4.84 Å². The van der Waals surface area contributed by atoms with Gasteiger partial charge in [-0.05, 0) is 6.42 Å². The number of hydroxylamine groups is 2. The molecule has 0 heterocycles. The van der Waals surface area contributed by atoms with Crippen molar-refractivity contribution in [2.75, 3.05) is 20.2 Å². The highest BCUT2D eigenvalue weighted by Gasteiger charge is 1.93. The van der Waals surface area contributed by atoms with Gasteiger partial charge in [-0.2, -0.15) is 5.06 Å². The first kappa shape index (κ1) is 10.7. The van der Waals surface area contributed by atoms with E-state index >= 15 is 0 Å². The van der Waals surface area contributed by atoms with E-state index in [4.69, 9.17) is 4.84 Å². The van der Waals surface area contributed by atoms with Crippen LogP contribution in [0.1, 0.15) is 26.2 Å². The Hall–Kier alpha value is -0.340. The standard InChI is InChI=1S/C9H19NO/c1-4-6-7-9-11-10(3)8-5-2/h5H,2,4,6-9H2,1,3H3. The van der Waals surface area contributed by atoms with E-state index in [1.54, 1.807) is 0 Å². The van der Waals surface area contributed by atoms with Gasteiger partial charge in [-0.25, -0.2) is 0 Å².